The summed E-state index contributed by atoms with van der Waals surface area (Å²) in [5, 5.41) is 0. The average molecular weight is 315 g/mol. The summed E-state index contributed by atoms with van der Waals surface area (Å²) in [5.74, 6) is -1.29. The molecule has 0 fully saturated rings. The van der Waals surface area contributed by atoms with Crippen molar-refractivity contribution < 1.29 is 17.9 Å². The van der Waals surface area contributed by atoms with E-state index in [1.165, 1.54) is 30.5 Å². The molecule has 0 aliphatic carbocycles. The van der Waals surface area contributed by atoms with E-state index in [1.807, 2.05) is 0 Å². The van der Waals surface area contributed by atoms with Crippen LogP contribution in [0.25, 0.3) is 11.1 Å². The van der Waals surface area contributed by atoms with Gasteiger partial charge in [0.2, 0.25) is 0 Å². The quantitative estimate of drug-likeness (QED) is 0.693. The van der Waals surface area contributed by atoms with Crippen LogP contribution in [-0.4, -0.2) is 4.98 Å². The van der Waals surface area contributed by atoms with Gasteiger partial charge in [0, 0.05) is 35.7 Å². The first-order valence-corrected chi connectivity index (χ1v) is 6.89. The monoisotopic (exact) mass is 315 g/mol. The third kappa shape index (κ3) is 3.88. The van der Waals surface area contributed by atoms with E-state index in [-0.39, 0.29) is 12.4 Å². The van der Waals surface area contributed by atoms with Gasteiger partial charge in [-0.05, 0) is 35.9 Å². The maximum atomic E-state index is 13.3. The zero-order valence-corrected chi connectivity index (χ0v) is 12.0. The van der Waals surface area contributed by atoms with Gasteiger partial charge in [-0.2, -0.15) is 0 Å². The molecular formula is C18H12F3NO. The van der Waals surface area contributed by atoms with Gasteiger partial charge in [-0.25, -0.2) is 13.2 Å². The smallest absolute Gasteiger partial charge is 0.126 e. The Bertz CT molecular complexity index is 816. The maximum Gasteiger partial charge on any atom is 0.126 e. The van der Waals surface area contributed by atoms with Crippen LogP contribution >= 0.6 is 0 Å². The molecule has 0 bridgehead atoms. The van der Waals surface area contributed by atoms with Crippen molar-refractivity contribution in [2.75, 3.05) is 0 Å². The molecule has 3 aromatic rings. The van der Waals surface area contributed by atoms with Crippen molar-refractivity contribution in [2.45, 2.75) is 6.61 Å². The van der Waals surface area contributed by atoms with Crippen LogP contribution in [0.5, 0.6) is 5.75 Å². The second-order valence-electron chi connectivity index (χ2n) is 4.99. The van der Waals surface area contributed by atoms with Crippen LogP contribution in [0.2, 0.25) is 0 Å². The third-order valence-electron chi connectivity index (χ3n) is 3.19. The molecule has 0 amide bonds. The zero-order valence-electron chi connectivity index (χ0n) is 12.0. The van der Waals surface area contributed by atoms with E-state index >= 15 is 0 Å². The van der Waals surface area contributed by atoms with Crippen molar-refractivity contribution in [2.24, 2.45) is 0 Å². The van der Waals surface area contributed by atoms with Gasteiger partial charge in [0.25, 0.3) is 0 Å². The van der Waals surface area contributed by atoms with E-state index < -0.39 is 11.6 Å². The minimum absolute atomic E-state index is 0.169. The molecule has 0 atom stereocenters. The van der Waals surface area contributed by atoms with Crippen molar-refractivity contribution in [3.05, 3.63) is 83.9 Å². The summed E-state index contributed by atoms with van der Waals surface area (Å²) in [7, 11) is 0. The van der Waals surface area contributed by atoms with Crippen LogP contribution < -0.4 is 4.74 Å². The van der Waals surface area contributed by atoms with E-state index in [9.17, 15) is 13.2 Å². The molecule has 0 aliphatic rings. The van der Waals surface area contributed by atoms with Gasteiger partial charge in [-0.3, -0.25) is 4.98 Å². The summed E-state index contributed by atoms with van der Waals surface area (Å²) >= 11 is 0. The van der Waals surface area contributed by atoms with Gasteiger partial charge >= 0.3 is 0 Å². The first kappa shape index (κ1) is 15.1. The Labute approximate surface area is 131 Å². The van der Waals surface area contributed by atoms with Gasteiger partial charge in [0.1, 0.15) is 29.8 Å². The fourth-order valence-corrected chi connectivity index (χ4v) is 2.17. The third-order valence-corrected chi connectivity index (χ3v) is 3.19. The van der Waals surface area contributed by atoms with Crippen molar-refractivity contribution in [3.63, 3.8) is 0 Å². The predicted octanol–water partition coefficient (Wildman–Crippen LogP) is 4.74. The molecule has 0 saturated heterocycles. The molecule has 116 valence electrons. The summed E-state index contributed by atoms with van der Waals surface area (Å²) in [6.07, 6.45) is 3.10. The summed E-state index contributed by atoms with van der Waals surface area (Å²) in [6, 6.07) is 10.8. The molecule has 0 N–H and O–H groups in total. The number of ether oxygens (including phenoxy) is 1. The SMILES string of the molecule is Fc1cccc(OCc2cncc(-c3cc(F)cc(F)c3)c2)c1. The van der Waals surface area contributed by atoms with Crippen LogP contribution in [0.15, 0.2) is 60.9 Å². The summed E-state index contributed by atoms with van der Waals surface area (Å²) in [4.78, 5) is 4.05. The zero-order chi connectivity index (χ0) is 16.2. The first-order valence-electron chi connectivity index (χ1n) is 6.89. The molecule has 1 aromatic heterocycles. The molecule has 3 rings (SSSR count). The van der Waals surface area contributed by atoms with Crippen LogP contribution in [0.3, 0.4) is 0 Å². The summed E-state index contributed by atoms with van der Waals surface area (Å²) in [5.41, 5.74) is 1.67. The molecule has 0 saturated carbocycles. The Morgan fingerprint density at radius 1 is 0.783 bits per heavy atom. The van der Waals surface area contributed by atoms with Crippen molar-refractivity contribution >= 4 is 0 Å². The second kappa shape index (κ2) is 6.52. The number of nitrogens with zero attached hydrogens (tertiary/aromatic N) is 1. The lowest BCUT2D eigenvalue weighted by Gasteiger charge is -2.08. The van der Waals surface area contributed by atoms with Crippen LogP contribution in [-0.2, 0) is 6.61 Å². The Morgan fingerprint density at radius 3 is 2.30 bits per heavy atom. The highest BCUT2D eigenvalue weighted by atomic mass is 19.1. The first-order chi connectivity index (χ1) is 11.1. The molecule has 1 heterocycles. The van der Waals surface area contributed by atoms with Crippen molar-refractivity contribution in [1.82, 2.24) is 4.98 Å². The number of pyridine rings is 1. The van der Waals surface area contributed by atoms with E-state index in [0.717, 1.165) is 6.07 Å². The molecule has 0 spiro atoms. The number of rotatable bonds is 4. The van der Waals surface area contributed by atoms with Crippen LogP contribution in [0, 0.1) is 17.5 Å². The lowest BCUT2D eigenvalue weighted by Crippen LogP contribution is -1.97. The highest BCUT2D eigenvalue weighted by Gasteiger charge is 2.05. The summed E-state index contributed by atoms with van der Waals surface area (Å²) < 4.78 is 45.2. The van der Waals surface area contributed by atoms with Gasteiger partial charge in [0.05, 0.1) is 0 Å². The fraction of sp³-hybridized carbons (Fsp3) is 0.0556. The summed E-state index contributed by atoms with van der Waals surface area (Å²) in [6.45, 7) is 0.169. The molecule has 0 unspecified atom stereocenters. The standard InChI is InChI=1S/C18H12F3NO/c19-15-2-1-3-18(8-15)23-11-12-4-14(10-22-9-12)13-5-16(20)7-17(21)6-13/h1-10H,11H2. The van der Waals surface area contributed by atoms with E-state index in [0.29, 0.717) is 22.4 Å². The van der Waals surface area contributed by atoms with Gasteiger partial charge in [-0.15, -0.1) is 0 Å². The predicted molar refractivity (Wildman–Crippen MR) is 80.3 cm³/mol. The van der Waals surface area contributed by atoms with E-state index in [4.69, 9.17) is 4.74 Å². The number of benzene rings is 2. The minimum atomic E-state index is -0.651. The molecule has 2 aromatic carbocycles. The van der Waals surface area contributed by atoms with Crippen molar-refractivity contribution in [3.8, 4) is 16.9 Å². The number of hydrogen-bond acceptors (Lipinski definition) is 2. The number of hydrogen-bond donors (Lipinski definition) is 0. The maximum absolute atomic E-state index is 13.3. The molecule has 0 aliphatic heterocycles. The molecule has 0 radical (unpaired) electrons. The molecule has 23 heavy (non-hydrogen) atoms. The highest BCUT2D eigenvalue weighted by Crippen LogP contribution is 2.22. The fourth-order valence-electron chi connectivity index (χ4n) is 2.17. The van der Waals surface area contributed by atoms with E-state index in [2.05, 4.69) is 4.98 Å². The van der Waals surface area contributed by atoms with Gasteiger partial charge in [0.15, 0.2) is 0 Å². The van der Waals surface area contributed by atoms with Crippen LogP contribution in [0.1, 0.15) is 5.56 Å². The minimum Gasteiger partial charge on any atom is -0.489 e. The normalized spacial score (nSPS) is 10.6. The topological polar surface area (TPSA) is 22.1 Å². The lowest BCUT2D eigenvalue weighted by molar-refractivity contribution is 0.304. The Kier molecular flexibility index (Phi) is 4.28. The lowest BCUT2D eigenvalue weighted by atomic mass is 10.1. The van der Waals surface area contributed by atoms with Crippen molar-refractivity contribution in [1.29, 1.82) is 0 Å². The average Bonchev–Trinajstić information content (AvgIpc) is 2.52. The van der Waals surface area contributed by atoms with E-state index in [1.54, 1.807) is 24.4 Å². The highest BCUT2D eigenvalue weighted by molar-refractivity contribution is 5.63. The number of aromatic nitrogens is 1. The molecular weight excluding hydrogens is 303 g/mol. The number of halogens is 3. The molecule has 5 heteroatoms. The Morgan fingerprint density at radius 2 is 1.57 bits per heavy atom. The largest absolute Gasteiger partial charge is 0.489 e. The van der Waals surface area contributed by atoms with Gasteiger partial charge < -0.3 is 4.74 Å². The molecule has 2 nitrogen and oxygen atoms in total. The Balaban J connectivity index is 1.79. The second-order valence-corrected chi connectivity index (χ2v) is 4.99. The Hall–Kier alpha value is -2.82. The van der Waals surface area contributed by atoms with Crippen LogP contribution in [0.4, 0.5) is 13.2 Å². The van der Waals surface area contributed by atoms with Gasteiger partial charge in [-0.1, -0.05) is 6.07 Å².